The molecule has 26 heavy (non-hydrogen) atoms. The maximum absolute atomic E-state index is 12.2. The van der Waals surface area contributed by atoms with E-state index in [9.17, 15) is 9.59 Å². The molecule has 7 heteroatoms. The monoisotopic (exact) mass is 381 g/mol. The first-order valence-electron chi connectivity index (χ1n) is 9.00. The van der Waals surface area contributed by atoms with E-state index in [1.165, 1.54) is 0 Å². The summed E-state index contributed by atoms with van der Waals surface area (Å²) in [6, 6.07) is 5.49. The predicted molar refractivity (Wildman–Crippen MR) is 102 cm³/mol. The van der Waals surface area contributed by atoms with E-state index >= 15 is 0 Å². The van der Waals surface area contributed by atoms with Crippen LogP contribution < -0.4 is 16.0 Å². The third-order valence-electron chi connectivity index (χ3n) is 4.06. The van der Waals surface area contributed by atoms with E-state index in [2.05, 4.69) is 16.0 Å². The highest BCUT2D eigenvalue weighted by molar-refractivity contribution is 6.30. The summed E-state index contributed by atoms with van der Waals surface area (Å²) in [5, 5.41) is 9.52. The summed E-state index contributed by atoms with van der Waals surface area (Å²) >= 11 is 6.10. The average molecular weight is 382 g/mol. The van der Waals surface area contributed by atoms with E-state index in [-0.39, 0.29) is 11.9 Å². The lowest BCUT2D eigenvalue weighted by atomic mass is 10.0. The van der Waals surface area contributed by atoms with E-state index in [1.807, 2.05) is 39.0 Å². The van der Waals surface area contributed by atoms with Crippen molar-refractivity contribution in [2.75, 3.05) is 13.1 Å². The highest BCUT2D eigenvalue weighted by Crippen LogP contribution is 2.17. The van der Waals surface area contributed by atoms with Crippen molar-refractivity contribution in [3.05, 3.63) is 34.3 Å². The van der Waals surface area contributed by atoms with Gasteiger partial charge in [0.2, 0.25) is 5.91 Å². The molecule has 1 aliphatic heterocycles. The summed E-state index contributed by atoms with van der Waals surface area (Å²) in [6.45, 7) is 7.22. The third kappa shape index (κ3) is 6.84. The second-order valence-corrected chi connectivity index (χ2v) is 7.89. The molecule has 0 saturated carbocycles. The summed E-state index contributed by atoms with van der Waals surface area (Å²) in [5.74, 6) is 0.0142. The normalized spacial score (nSPS) is 17.0. The van der Waals surface area contributed by atoms with Crippen molar-refractivity contribution in [3.63, 3.8) is 0 Å². The molecule has 1 saturated heterocycles. The van der Waals surface area contributed by atoms with Gasteiger partial charge in [-0.1, -0.05) is 17.7 Å². The molecule has 0 aliphatic carbocycles. The molecule has 2 rings (SSSR count). The lowest BCUT2D eigenvalue weighted by Crippen LogP contribution is -2.40. The second-order valence-electron chi connectivity index (χ2n) is 7.46. The molecule has 1 fully saturated rings. The Bertz CT molecular complexity index is 637. The van der Waals surface area contributed by atoms with Crippen LogP contribution in [0.5, 0.6) is 0 Å². The van der Waals surface area contributed by atoms with Gasteiger partial charge in [-0.15, -0.1) is 0 Å². The van der Waals surface area contributed by atoms with Crippen molar-refractivity contribution >= 4 is 23.6 Å². The second kappa shape index (κ2) is 9.24. The number of alkyl carbamates (subject to hydrolysis) is 1. The van der Waals surface area contributed by atoms with E-state index in [4.69, 9.17) is 16.3 Å². The standard InChI is InChI=1S/C19H28ClN3O3/c1-19(2,3)26-18(25)22-10-8-13-6-7-15(20)11-14(13)12-23-17(24)16-5-4-9-21-16/h6-7,11,16,21H,4-5,8-10,12H2,1-3H3,(H,22,25)(H,23,24)/t16-/m0/s1. The summed E-state index contributed by atoms with van der Waals surface area (Å²) < 4.78 is 5.23. The van der Waals surface area contributed by atoms with Crippen LogP contribution in [0.1, 0.15) is 44.7 Å². The Morgan fingerprint density at radius 1 is 1.27 bits per heavy atom. The SMILES string of the molecule is CC(C)(C)OC(=O)NCCc1ccc(Cl)cc1CNC(=O)[C@@H]1CCCN1. The van der Waals surface area contributed by atoms with E-state index in [0.717, 1.165) is 30.5 Å². The number of benzene rings is 1. The van der Waals surface area contributed by atoms with Gasteiger partial charge >= 0.3 is 6.09 Å². The fraction of sp³-hybridized carbons (Fsp3) is 0.579. The largest absolute Gasteiger partial charge is 0.444 e. The number of carbonyl (C=O) groups excluding carboxylic acids is 2. The molecule has 0 bridgehead atoms. The average Bonchev–Trinajstić information content (AvgIpc) is 3.07. The van der Waals surface area contributed by atoms with Gasteiger partial charge in [-0.2, -0.15) is 0 Å². The van der Waals surface area contributed by atoms with Crippen LogP contribution in [-0.4, -0.2) is 36.7 Å². The number of rotatable bonds is 6. The summed E-state index contributed by atoms with van der Waals surface area (Å²) in [6.07, 6.45) is 2.09. The number of amides is 2. The van der Waals surface area contributed by atoms with Crippen molar-refractivity contribution in [1.82, 2.24) is 16.0 Å². The summed E-state index contributed by atoms with van der Waals surface area (Å²) in [5.41, 5.74) is 1.47. The van der Waals surface area contributed by atoms with Gasteiger partial charge in [-0.05, 0) is 69.8 Å². The van der Waals surface area contributed by atoms with Crippen LogP contribution in [0, 0.1) is 0 Å². The molecule has 1 atom stereocenters. The highest BCUT2D eigenvalue weighted by Gasteiger charge is 2.21. The lowest BCUT2D eigenvalue weighted by Gasteiger charge is -2.20. The number of carbonyl (C=O) groups is 2. The van der Waals surface area contributed by atoms with E-state index in [0.29, 0.717) is 24.5 Å². The molecule has 0 unspecified atom stereocenters. The van der Waals surface area contributed by atoms with Crippen LogP contribution in [0.15, 0.2) is 18.2 Å². The first-order valence-corrected chi connectivity index (χ1v) is 9.37. The maximum atomic E-state index is 12.2. The van der Waals surface area contributed by atoms with Gasteiger partial charge in [0.05, 0.1) is 6.04 Å². The van der Waals surface area contributed by atoms with Crippen LogP contribution in [0.2, 0.25) is 5.02 Å². The molecule has 0 radical (unpaired) electrons. The number of nitrogens with one attached hydrogen (secondary N) is 3. The molecular weight excluding hydrogens is 354 g/mol. The molecule has 1 aliphatic rings. The fourth-order valence-corrected chi connectivity index (χ4v) is 3.02. The van der Waals surface area contributed by atoms with Crippen molar-refractivity contribution in [2.24, 2.45) is 0 Å². The van der Waals surface area contributed by atoms with Gasteiger partial charge < -0.3 is 20.7 Å². The zero-order valence-corrected chi connectivity index (χ0v) is 16.4. The maximum Gasteiger partial charge on any atom is 0.407 e. The van der Waals surface area contributed by atoms with Crippen LogP contribution in [-0.2, 0) is 22.5 Å². The van der Waals surface area contributed by atoms with Gasteiger partial charge in [-0.3, -0.25) is 4.79 Å². The number of ether oxygens (including phenoxy) is 1. The first kappa shape index (κ1) is 20.5. The Kier molecular flexibility index (Phi) is 7.29. The molecule has 1 aromatic carbocycles. The van der Waals surface area contributed by atoms with Crippen molar-refractivity contribution < 1.29 is 14.3 Å². The predicted octanol–water partition coefficient (Wildman–Crippen LogP) is 2.78. The minimum absolute atomic E-state index is 0.0142. The van der Waals surface area contributed by atoms with Gasteiger partial charge in [0.15, 0.2) is 0 Å². The third-order valence-corrected chi connectivity index (χ3v) is 4.30. The zero-order chi connectivity index (χ0) is 19.2. The first-order chi connectivity index (χ1) is 12.2. The van der Waals surface area contributed by atoms with Gasteiger partial charge in [0.1, 0.15) is 5.60 Å². The van der Waals surface area contributed by atoms with Crippen LogP contribution in [0.4, 0.5) is 4.79 Å². The molecular formula is C19H28ClN3O3. The van der Waals surface area contributed by atoms with Gasteiger partial charge in [0, 0.05) is 18.1 Å². The molecule has 1 aromatic rings. The molecule has 0 aromatic heterocycles. The Morgan fingerprint density at radius 2 is 2.04 bits per heavy atom. The number of hydrogen-bond donors (Lipinski definition) is 3. The van der Waals surface area contributed by atoms with E-state index < -0.39 is 11.7 Å². The summed E-state index contributed by atoms with van der Waals surface area (Å²) in [4.78, 5) is 23.9. The van der Waals surface area contributed by atoms with Crippen LogP contribution >= 0.6 is 11.6 Å². The Morgan fingerprint density at radius 3 is 2.69 bits per heavy atom. The van der Waals surface area contributed by atoms with Crippen molar-refractivity contribution in [2.45, 2.75) is 58.2 Å². The minimum atomic E-state index is -0.520. The van der Waals surface area contributed by atoms with Crippen molar-refractivity contribution in [1.29, 1.82) is 0 Å². The minimum Gasteiger partial charge on any atom is -0.444 e. The lowest BCUT2D eigenvalue weighted by molar-refractivity contribution is -0.122. The van der Waals surface area contributed by atoms with Gasteiger partial charge in [-0.25, -0.2) is 4.79 Å². The quantitative estimate of drug-likeness (QED) is 0.707. The zero-order valence-electron chi connectivity index (χ0n) is 15.7. The van der Waals surface area contributed by atoms with Crippen LogP contribution in [0.3, 0.4) is 0 Å². The van der Waals surface area contributed by atoms with Gasteiger partial charge in [0.25, 0.3) is 0 Å². The molecule has 0 spiro atoms. The Balaban J connectivity index is 1.88. The highest BCUT2D eigenvalue weighted by atomic mass is 35.5. The van der Waals surface area contributed by atoms with E-state index in [1.54, 1.807) is 0 Å². The van der Waals surface area contributed by atoms with Crippen molar-refractivity contribution in [3.8, 4) is 0 Å². The fourth-order valence-electron chi connectivity index (χ4n) is 2.83. The number of halogens is 1. The van der Waals surface area contributed by atoms with Crippen LogP contribution in [0.25, 0.3) is 0 Å². The molecule has 144 valence electrons. The molecule has 2 amide bonds. The molecule has 3 N–H and O–H groups in total. The molecule has 6 nitrogen and oxygen atoms in total. The Hall–Kier alpha value is -1.79. The number of hydrogen-bond acceptors (Lipinski definition) is 4. The summed E-state index contributed by atoms with van der Waals surface area (Å²) in [7, 11) is 0. The molecule has 1 heterocycles. The Labute approximate surface area is 160 Å². The topological polar surface area (TPSA) is 79.5 Å². The smallest absolute Gasteiger partial charge is 0.407 e.